The van der Waals surface area contributed by atoms with Crippen molar-refractivity contribution in [3.8, 4) is 0 Å². The number of hydrogen-bond donors (Lipinski definition) is 2. The van der Waals surface area contributed by atoms with Gasteiger partial charge in [-0.3, -0.25) is 0 Å². The molecule has 1 aromatic carbocycles. The van der Waals surface area contributed by atoms with Crippen LogP contribution in [0.5, 0.6) is 0 Å². The lowest BCUT2D eigenvalue weighted by Gasteiger charge is -2.22. The number of ether oxygens (including phenoxy) is 2. The van der Waals surface area contributed by atoms with Crippen molar-refractivity contribution in [2.45, 2.75) is 37.5 Å². The normalized spacial score (nSPS) is 25.2. The minimum Gasteiger partial charge on any atom is -0.348 e. The Bertz CT molecular complexity index is 572. The number of benzene rings is 1. The van der Waals surface area contributed by atoms with Crippen LogP contribution >= 0.6 is 11.6 Å². The average Bonchev–Trinajstić information content (AvgIpc) is 3.08. The number of halogens is 2. The summed E-state index contributed by atoms with van der Waals surface area (Å²) in [5.41, 5.74) is 0.486. The number of carbonyl (C=O) groups excluding carboxylic acids is 1. The van der Waals surface area contributed by atoms with E-state index in [0.29, 0.717) is 43.2 Å². The maximum atomic E-state index is 13.8. The molecule has 0 bridgehead atoms. The van der Waals surface area contributed by atoms with Gasteiger partial charge < -0.3 is 20.1 Å². The highest BCUT2D eigenvalue weighted by Gasteiger charge is 2.42. The first-order valence-corrected chi connectivity index (χ1v) is 8.12. The third-order valence-corrected chi connectivity index (χ3v) is 4.57. The number of amides is 2. The minimum absolute atomic E-state index is 0.0616. The second-order valence-electron chi connectivity index (χ2n) is 6.06. The summed E-state index contributed by atoms with van der Waals surface area (Å²) in [5, 5.41) is 6.01. The molecule has 3 rings (SSSR count). The van der Waals surface area contributed by atoms with E-state index in [9.17, 15) is 9.18 Å². The van der Waals surface area contributed by atoms with Gasteiger partial charge in [0.05, 0.1) is 13.2 Å². The summed E-state index contributed by atoms with van der Waals surface area (Å²) >= 11 is 6.04. The Morgan fingerprint density at radius 1 is 1.43 bits per heavy atom. The number of urea groups is 1. The van der Waals surface area contributed by atoms with Gasteiger partial charge in [-0.15, -0.1) is 0 Å². The average molecular weight is 343 g/mol. The Morgan fingerprint density at radius 3 is 2.87 bits per heavy atom. The fourth-order valence-electron chi connectivity index (χ4n) is 2.86. The first-order chi connectivity index (χ1) is 11.0. The van der Waals surface area contributed by atoms with Gasteiger partial charge in [0.2, 0.25) is 0 Å². The van der Waals surface area contributed by atoms with E-state index in [1.807, 2.05) is 6.92 Å². The molecule has 1 saturated carbocycles. The van der Waals surface area contributed by atoms with Crippen LogP contribution in [-0.2, 0) is 9.47 Å². The zero-order valence-electron chi connectivity index (χ0n) is 12.9. The monoisotopic (exact) mass is 342 g/mol. The molecule has 1 aromatic rings. The summed E-state index contributed by atoms with van der Waals surface area (Å²) in [5.74, 6) is -1.00. The zero-order chi connectivity index (χ0) is 16.4. The largest absolute Gasteiger partial charge is 0.348 e. The van der Waals surface area contributed by atoms with Crippen molar-refractivity contribution in [3.63, 3.8) is 0 Å². The molecule has 1 heterocycles. The lowest BCUT2D eigenvalue weighted by atomic mass is 10.1. The van der Waals surface area contributed by atoms with Crippen molar-refractivity contribution in [1.29, 1.82) is 0 Å². The molecule has 23 heavy (non-hydrogen) atoms. The topological polar surface area (TPSA) is 59.6 Å². The van der Waals surface area contributed by atoms with E-state index in [1.165, 1.54) is 6.07 Å². The van der Waals surface area contributed by atoms with Gasteiger partial charge in [0, 0.05) is 35.5 Å². The van der Waals surface area contributed by atoms with E-state index in [0.717, 1.165) is 0 Å². The van der Waals surface area contributed by atoms with E-state index in [1.54, 1.807) is 12.1 Å². The molecule has 0 spiro atoms. The lowest BCUT2D eigenvalue weighted by molar-refractivity contribution is -0.145. The molecule has 0 radical (unpaired) electrons. The van der Waals surface area contributed by atoms with Gasteiger partial charge in [-0.25, -0.2) is 9.18 Å². The van der Waals surface area contributed by atoms with Crippen LogP contribution in [0.1, 0.15) is 31.2 Å². The molecular weight excluding hydrogens is 323 g/mol. The van der Waals surface area contributed by atoms with Crippen molar-refractivity contribution < 1.29 is 18.7 Å². The second kappa shape index (κ2) is 6.63. The van der Waals surface area contributed by atoms with Crippen LogP contribution in [0.25, 0.3) is 0 Å². The molecule has 2 aliphatic rings. The van der Waals surface area contributed by atoms with Gasteiger partial charge in [0.1, 0.15) is 5.82 Å². The summed E-state index contributed by atoms with van der Waals surface area (Å²) in [4.78, 5) is 11.9. The molecule has 1 aliphatic heterocycles. The van der Waals surface area contributed by atoms with Gasteiger partial charge in [-0.05, 0) is 25.5 Å². The third kappa shape index (κ3) is 3.94. The fraction of sp³-hybridized carbons (Fsp3) is 0.562. The Morgan fingerprint density at radius 2 is 2.17 bits per heavy atom. The number of nitrogens with one attached hydrogen (secondary N) is 2. The van der Waals surface area contributed by atoms with E-state index in [4.69, 9.17) is 21.1 Å². The molecule has 126 valence electrons. The maximum absolute atomic E-state index is 13.8. The van der Waals surface area contributed by atoms with Crippen LogP contribution in [-0.4, -0.2) is 37.6 Å². The van der Waals surface area contributed by atoms with Crippen LogP contribution in [0.2, 0.25) is 5.02 Å². The Balaban J connectivity index is 1.43. The molecule has 0 unspecified atom stereocenters. The van der Waals surface area contributed by atoms with E-state index >= 15 is 0 Å². The highest BCUT2D eigenvalue weighted by atomic mass is 35.5. The maximum Gasteiger partial charge on any atom is 0.315 e. The number of rotatable bonds is 5. The predicted octanol–water partition coefficient (Wildman–Crippen LogP) is 2.79. The van der Waals surface area contributed by atoms with Gasteiger partial charge in [0.15, 0.2) is 5.79 Å². The van der Waals surface area contributed by atoms with Crippen molar-refractivity contribution in [3.05, 3.63) is 34.6 Å². The summed E-state index contributed by atoms with van der Waals surface area (Å²) in [6.45, 7) is 3.46. The first kappa shape index (κ1) is 16.5. The first-order valence-electron chi connectivity index (χ1n) is 7.75. The van der Waals surface area contributed by atoms with Crippen LogP contribution in [0.15, 0.2) is 18.2 Å². The summed E-state index contributed by atoms with van der Waals surface area (Å²) in [7, 11) is 0. The third-order valence-electron chi connectivity index (χ3n) is 4.24. The molecule has 1 aliphatic carbocycles. The van der Waals surface area contributed by atoms with Crippen molar-refractivity contribution in [2.24, 2.45) is 0 Å². The Kier molecular flexibility index (Phi) is 4.75. The standard InChI is InChI=1S/C16H20ClFN2O3/c1-16(22-7-8-23-16)5-6-19-15(21)20-13-9-10(13)14-11(17)3-2-4-12(14)18/h2-4,10,13H,5-9H2,1H3,(H2,19,20,21)/t10-,13+/m0/s1. The number of hydrogen-bond acceptors (Lipinski definition) is 3. The molecule has 0 aromatic heterocycles. The zero-order valence-corrected chi connectivity index (χ0v) is 13.7. The Labute approximate surface area is 139 Å². The molecule has 7 heteroatoms. The Hall–Kier alpha value is -1.37. The minimum atomic E-state index is -0.615. The van der Waals surface area contributed by atoms with Crippen LogP contribution < -0.4 is 10.6 Å². The molecule has 1 saturated heterocycles. The van der Waals surface area contributed by atoms with Gasteiger partial charge in [-0.1, -0.05) is 17.7 Å². The summed E-state index contributed by atoms with van der Waals surface area (Å²) in [6.07, 6.45) is 1.27. The van der Waals surface area contributed by atoms with Gasteiger partial charge in [-0.2, -0.15) is 0 Å². The van der Waals surface area contributed by atoms with E-state index in [-0.39, 0.29) is 23.8 Å². The quantitative estimate of drug-likeness (QED) is 0.865. The van der Waals surface area contributed by atoms with E-state index in [2.05, 4.69) is 10.6 Å². The molecule has 2 N–H and O–H groups in total. The van der Waals surface area contributed by atoms with E-state index < -0.39 is 5.79 Å². The molecule has 2 fully saturated rings. The second-order valence-corrected chi connectivity index (χ2v) is 6.47. The lowest BCUT2D eigenvalue weighted by Crippen LogP contribution is -2.40. The molecule has 5 nitrogen and oxygen atoms in total. The highest BCUT2D eigenvalue weighted by Crippen LogP contribution is 2.44. The smallest absolute Gasteiger partial charge is 0.315 e. The molecule has 2 atom stereocenters. The summed E-state index contributed by atoms with van der Waals surface area (Å²) < 4.78 is 24.8. The van der Waals surface area contributed by atoms with Crippen molar-refractivity contribution >= 4 is 17.6 Å². The van der Waals surface area contributed by atoms with Crippen molar-refractivity contribution in [1.82, 2.24) is 10.6 Å². The fourth-order valence-corrected chi connectivity index (χ4v) is 3.17. The summed E-state index contributed by atoms with van der Waals surface area (Å²) in [6, 6.07) is 4.27. The van der Waals surface area contributed by atoms with Crippen LogP contribution in [0.3, 0.4) is 0 Å². The van der Waals surface area contributed by atoms with Gasteiger partial charge in [0.25, 0.3) is 0 Å². The van der Waals surface area contributed by atoms with Crippen molar-refractivity contribution in [2.75, 3.05) is 19.8 Å². The molecule has 2 amide bonds. The predicted molar refractivity (Wildman–Crippen MR) is 84.0 cm³/mol. The van der Waals surface area contributed by atoms with Crippen LogP contribution in [0.4, 0.5) is 9.18 Å². The van der Waals surface area contributed by atoms with Crippen LogP contribution in [0, 0.1) is 5.82 Å². The SMILES string of the molecule is CC1(CCNC(=O)N[C@@H]2C[C@@H]2c2c(F)cccc2Cl)OCCO1. The van der Waals surface area contributed by atoms with Gasteiger partial charge >= 0.3 is 6.03 Å². The molecular formula is C16H20ClFN2O3. The highest BCUT2D eigenvalue weighted by molar-refractivity contribution is 6.31. The number of carbonyl (C=O) groups is 1.